The van der Waals surface area contributed by atoms with Crippen molar-refractivity contribution >= 4 is 73.9 Å². The monoisotopic (exact) mass is 584 g/mol. The van der Waals surface area contributed by atoms with Crippen molar-refractivity contribution < 1.29 is 22.7 Å². The van der Waals surface area contributed by atoms with E-state index >= 15 is 0 Å². The van der Waals surface area contributed by atoms with Crippen molar-refractivity contribution in [1.82, 2.24) is 0 Å². The zero-order chi connectivity index (χ0) is 26.9. The molecule has 1 aliphatic rings. The molecule has 1 aliphatic heterocycles. The van der Waals surface area contributed by atoms with Gasteiger partial charge in [0, 0.05) is 14.8 Å². The van der Waals surface area contributed by atoms with E-state index in [0.29, 0.717) is 16.4 Å². The van der Waals surface area contributed by atoms with Gasteiger partial charge in [0.25, 0.3) is 15.9 Å². The number of carbonyl (C=O) groups excluding carboxylic acids is 2. The van der Waals surface area contributed by atoms with Gasteiger partial charge in [0.1, 0.15) is 0 Å². The molecule has 1 amide bonds. The molecule has 0 aliphatic carbocycles. The number of carbonyl (C=O) groups is 2. The Morgan fingerprint density at radius 1 is 0.842 bits per heavy atom. The Morgan fingerprint density at radius 3 is 2.18 bits per heavy atom. The molecule has 4 aromatic carbocycles. The van der Waals surface area contributed by atoms with Gasteiger partial charge in [0.15, 0.2) is 6.61 Å². The number of rotatable bonds is 6. The van der Waals surface area contributed by atoms with Crippen molar-refractivity contribution in [1.29, 1.82) is 0 Å². The number of esters is 1. The van der Waals surface area contributed by atoms with Crippen molar-refractivity contribution in [3.05, 3.63) is 107 Å². The highest BCUT2D eigenvalue weighted by atomic mass is 35.5. The summed E-state index contributed by atoms with van der Waals surface area (Å²) in [4.78, 5) is 29.2. The van der Waals surface area contributed by atoms with Gasteiger partial charge in [-0.1, -0.05) is 65.3 Å². The minimum Gasteiger partial charge on any atom is -0.452 e. The van der Waals surface area contributed by atoms with Crippen LogP contribution in [-0.2, 0) is 19.6 Å². The second-order valence-corrected chi connectivity index (χ2v) is 11.7. The molecule has 0 saturated carbocycles. The second kappa shape index (κ2) is 10.7. The van der Waals surface area contributed by atoms with Gasteiger partial charge in [0.05, 0.1) is 32.5 Å². The third-order valence-corrected chi connectivity index (χ3v) is 8.62. The Labute approximate surface area is 233 Å². The Kier molecular flexibility index (Phi) is 7.36. The predicted octanol–water partition coefficient (Wildman–Crippen LogP) is 6.78. The Balaban J connectivity index is 1.33. The van der Waals surface area contributed by atoms with Crippen molar-refractivity contribution in [3.63, 3.8) is 0 Å². The third kappa shape index (κ3) is 5.37. The lowest BCUT2D eigenvalue weighted by Gasteiger charge is -2.30. The van der Waals surface area contributed by atoms with Crippen LogP contribution in [0.4, 0.5) is 17.1 Å². The third-order valence-electron chi connectivity index (χ3n) is 5.56. The van der Waals surface area contributed by atoms with E-state index in [0.717, 1.165) is 15.9 Å². The number of halogens is 2. The van der Waals surface area contributed by atoms with Gasteiger partial charge in [-0.3, -0.25) is 14.4 Å². The van der Waals surface area contributed by atoms with E-state index in [1.54, 1.807) is 11.8 Å². The first-order valence-electron chi connectivity index (χ1n) is 11.2. The molecule has 0 radical (unpaired) electrons. The molecule has 11 heteroatoms. The lowest BCUT2D eigenvalue weighted by Crippen LogP contribution is -2.32. The maximum atomic E-state index is 13.3. The van der Waals surface area contributed by atoms with E-state index in [1.807, 2.05) is 48.5 Å². The summed E-state index contributed by atoms with van der Waals surface area (Å²) in [5.41, 5.74) is 1.44. The summed E-state index contributed by atoms with van der Waals surface area (Å²) in [6, 6.07) is 24.6. The van der Waals surface area contributed by atoms with Crippen LogP contribution in [0.1, 0.15) is 10.4 Å². The standard InChI is InChI=1S/C27H18Cl2N2O5S2/c28-18-12-13-20(29)21(15-18)30-38(34,35)19-7-5-6-17(14-19)27(33)36-16-26(32)31-22-8-1-3-10-24(22)37-25-11-4-2-9-23(25)31/h1-15,30H,16H2. The molecular weight excluding hydrogens is 567 g/mol. The predicted molar refractivity (Wildman–Crippen MR) is 148 cm³/mol. The maximum Gasteiger partial charge on any atom is 0.338 e. The molecule has 5 rings (SSSR count). The summed E-state index contributed by atoms with van der Waals surface area (Å²) in [7, 11) is -4.10. The van der Waals surface area contributed by atoms with E-state index < -0.39 is 28.5 Å². The number of hydrogen-bond acceptors (Lipinski definition) is 6. The number of benzene rings is 4. The molecule has 0 bridgehead atoms. The van der Waals surface area contributed by atoms with Crippen LogP contribution in [0.15, 0.2) is 106 Å². The highest BCUT2D eigenvalue weighted by molar-refractivity contribution is 7.99. The van der Waals surface area contributed by atoms with Crippen molar-refractivity contribution in [2.45, 2.75) is 14.7 Å². The number of anilines is 3. The molecule has 0 atom stereocenters. The molecule has 192 valence electrons. The van der Waals surface area contributed by atoms with Crippen LogP contribution in [-0.4, -0.2) is 26.9 Å². The van der Waals surface area contributed by atoms with Gasteiger partial charge in [-0.2, -0.15) is 0 Å². The second-order valence-electron chi connectivity index (χ2n) is 8.10. The van der Waals surface area contributed by atoms with Crippen LogP contribution in [0.25, 0.3) is 0 Å². The number of hydrogen-bond donors (Lipinski definition) is 1. The van der Waals surface area contributed by atoms with Crippen LogP contribution in [0.2, 0.25) is 10.0 Å². The van der Waals surface area contributed by atoms with E-state index in [4.69, 9.17) is 27.9 Å². The highest BCUT2D eigenvalue weighted by Gasteiger charge is 2.28. The first-order valence-corrected chi connectivity index (χ1v) is 14.2. The molecule has 0 spiro atoms. The Hall–Kier alpha value is -3.50. The average Bonchev–Trinajstić information content (AvgIpc) is 2.92. The number of ether oxygens (including phenoxy) is 1. The smallest absolute Gasteiger partial charge is 0.338 e. The van der Waals surface area contributed by atoms with Crippen molar-refractivity contribution in [2.75, 3.05) is 16.2 Å². The van der Waals surface area contributed by atoms with Crippen molar-refractivity contribution in [3.8, 4) is 0 Å². The van der Waals surface area contributed by atoms with E-state index in [-0.39, 0.29) is 21.2 Å². The van der Waals surface area contributed by atoms with E-state index in [1.165, 1.54) is 41.3 Å². The summed E-state index contributed by atoms with van der Waals surface area (Å²) in [6.07, 6.45) is 0. The normalized spacial score (nSPS) is 12.3. The van der Waals surface area contributed by atoms with Gasteiger partial charge < -0.3 is 4.74 Å². The number of nitrogens with zero attached hydrogens (tertiary/aromatic N) is 1. The molecule has 1 heterocycles. The van der Waals surface area contributed by atoms with Crippen molar-refractivity contribution in [2.24, 2.45) is 0 Å². The number of sulfonamides is 1. The first-order chi connectivity index (χ1) is 18.2. The zero-order valence-electron chi connectivity index (χ0n) is 19.4. The highest BCUT2D eigenvalue weighted by Crippen LogP contribution is 2.47. The fourth-order valence-electron chi connectivity index (χ4n) is 3.82. The molecule has 4 aromatic rings. The summed E-state index contributed by atoms with van der Waals surface area (Å²) in [5.74, 6) is -1.29. The van der Waals surface area contributed by atoms with Crippen LogP contribution in [0, 0.1) is 0 Å². The molecule has 38 heavy (non-hydrogen) atoms. The minimum absolute atomic E-state index is 0.0344. The first kappa shape index (κ1) is 26.1. The van der Waals surface area contributed by atoms with Gasteiger partial charge in [-0.25, -0.2) is 13.2 Å². The van der Waals surface area contributed by atoms with Gasteiger partial charge in [0.2, 0.25) is 0 Å². The molecule has 0 unspecified atom stereocenters. The largest absolute Gasteiger partial charge is 0.452 e. The Bertz CT molecular complexity index is 1630. The lowest BCUT2D eigenvalue weighted by molar-refractivity contribution is -0.121. The quantitative estimate of drug-likeness (QED) is 0.251. The topological polar surface area (TPSA) is 92.8 Å². The van der Waals surface area contributed by atoms with Gasteiger partial charge in [-0.05, 0) is 60.7 Å². The van der Waals surface area contributed by atoms with Crippen LogP contribution >= 0.6 is 35.0 Å². The molecule has 0 aromatic heterocycles. The molecule has 1 N–H and O–H groups in total. The zero-order valence-corrected chi connectivity index (χ0v) is 22.6. The average molecular weight is 585 g/mol. The minimum atomic E-state index is -4.10. The van der Waals surface area contributed by atoms with E-state index in [2.05, 4.69) is 4.72 Å². The summed E-state index contributed by atoms with van der Waals surface area (Å²) in [5, 5.41) is 0.456. The number of amides is 1. The van der Waals surface area contributed by atoms with Gasteiger partial charge >= 0.3 is 5.97 Å². The van der Waals surface area contributed by atoms with E-state index in [9.17, 15) is 18.0 Å². The summed E-state index contributed by atoms with van der Waals surface area (Å²) in [6.45, 7) is -0.542. The number of nitrogens with one attached hydrogen (secondary N) is 1. The maximum absolute atomic E-state index is 13.3. The fourth-order valence-corrected chi connectivity index (χ4v) is 6.39. The fraction of sp³-hybridized carbons (Fsp3) is 0.0370. The molecule has 7 nitrogen and oxygen atoms in total. The molecule has 0 saturated heterocycles. The van der Waals surface area contributed by atoms with Crippen LogP contribution < -0.4 is 9.62 Å². The summed E-state index contributed by atoms with van der Waals surface area (Å²) < 4.78 is 33.5. The van der Waals surface area contributed by atoms with Crippen LogP contribution in [0.3, 0.4) is 0 Å². The Morgan fingerprint density at radius 2 is 1.50 bits per heavy atom. The number of fused-ring (bicyclic) bond motifs is 2. The molecule has 0 fully saturated rings. The van der Waals surface area contributed by atoms with Gasteiger partial charge in [-0.15, -0.1) is 0 Å². The SMILES string of the molecule is O=C(OCC(=O)N1c2ccccc2Sc2ccccc21)c1cccc(S(=O)(=O)Nc2cc(Cl)ccc2Cl)c1. The lowest BCUT2D eigenvalue weighted by atomic mass is 10.2. The summed E-state index contributed by atoms with van der Waals surface area (Å²) >= 11 is 13.6. The molecular formula is C27H18Cl2N2O5S2. The number of para-hydroxylation sites is 2. The van der Waals surface area contributed by atoms with Crippen LogP contribution in [0.5, 0.6) is 0 Å².